The lowest BCUT2D eigenvalue weighted by Crippen LogP contribution is -2.29. The predicted octanol–water partition coefficient (Wildman–Crippen LogP) is 5.13. The number of hydrogen-bond acceptors (Lipinski definition) is 4. The average Bonchev–Trinajstić information content (AvgIpc) is 2.85. The van der Waals surface area contributed by atoms with E-state index in [1.54, 1.807) is 12.1 Å². The average molecular weight is 462 g/mol. The van der Waals surface area contributed by atoms with E-state index in [4.69, 9.17) is 4.74 Å². The normalized spacial score (nSPS) is 14.1. The molecule has 1 N–H and O–H groups in total. The summed E-state index contributed by atoms with van der Waals surface area (Å²) in [7, 11) is 0. The Balaban J connectivity index is 1.43. The zero-order chi connectivity index (χ0) is 23.8. The summed E-state index contributed by atoms with van der Waals surface area (Å²) < 4.78 is 19.1. The summed E-state index contributed by atoms with van der Waals surface area (Å²) in [5.74, 6) is 0.437. The van der Waals surface area contributed by atoms with Crippen LogP contribution in [0.5, 0.6) is 5.75 Å². The van der Waals surface area contributed by atoms with Gasteiger partial charge in [0.25, 0.3) is 0 Å². The highest BCUT2D eigenvalue weighted by Gasteiger charge is 2.15. The highest BCUT2D eigenvalue weighted by atomic mass is 19.1. The van der Waals surface area contributed by atoms with Gasteiger partial charge in [-0.2, -0.15) is 0 Å². The van der Waals surface area contributed by atoms with Crippen LogP contribution in [0.4, 0.5) is 4.39 Å². The summed E-state index contributed by atoms with van der Waals surface area (Å²) >= 11 is 0. The first-order chi connectivity index (χ1) is 16.6. The van der Waals surface area contributed by atoms with Crippen molar-refractivity contribution in [3.8, 4) is 16.9 Å². The quantitative estimate of drug-likeness (QED) is 0.480. The van der Waals surface area contributed by atoms with Crippen LogP contribution in [0, 0.1) is 5.82 Å². The summed E-state index contributed by atoms with van der Waals surface area (Å²) in [6, 6.07) is 16.4. The van der Waals surface area contributed by atoms with E-state index in [0.717, 1.165) is 42.1 Å². The topological polar surface area (TPSA) is 54.5 Å². The van der Waals surface area contributed by atoms with Crippen LogP contribution >= 0.6 is 0 Å². The summed E-state index contributed by atoms with van der Waals surface area (Å²) in [6.45, 7) is 6.07. The van der Waals surface area contributed by atoms with Gasteiger partial charge in [0, 0.05) is 30.5 Å². The lowest BCUT2D eigenvalue weighted by molar-refractivity contribution is -0.120. The Kier molecular flexibility index (Phi) is 8.26. The number of carbonyl (C=O) groups excluding carboxylic acids is 1. The van der Waals surface area contributed by atoms with E-state index in [9.17, 15) is 9.18 Å². The van der Waals surface area contributed by atoms with Gasteiger partial charge in [-0.1, -0.05) is 30.7 Å². The van der Waals surface area contributed by atoms with Gasteiger partial charge < -0.3 is 10.1 Å². The Bertz CT molecular complexity index is 1100. The maximum absolute atomic E-state index is 13.3. The molecular formula is C28H32FN3O2. The van der Waals surface area contributed by atoms with Crippen molar-refractivity contribution < 1.29 is 13.9 Å². The number of halogens is 1. The standard InChI is InChI=1S/C28H32FN3O2/c1-2-34-26-11-12-27(23(16-26)20-32-13-4-3-5-14-32)22-9-10-25(30-19-22)17-28(33)31-18-21-7-6-8-24(29)15-21/h6-12,15-16,19H,2-5,13-14,17-18,20H2,1H3,(H,31,33). The fourth-order valence-electron chi connectivity index (χ4n) is 4.36. The first-order valence-electron chi connectivity index (χ1n) is 12.1. The molecule has 1 aliphatic heterocycles. The third-order valence-electron chi connectivity index (χ3n) is 6.09. The van der Waals surface area contributed by atoms with Gasteiger partial charge in [0.15, 0.2) is 0 Å². The minimum absolute atomic E-state index is 0.142. The predicted molar refractivity (Wildman–Crippen MR) is 132 cm³/mol. The molecule has 0 aliphatic carbocycles. The molecule has 34 heavy (non-hydrogen) atoms. The van der Waals surface area contributed by atoms with Gasteiger partial charge in [-0.25, -0.2) is 4.39 Å². The van der Waals surface area contributed by atoms with Crippen molar-refractivity contribution in [1.82, 2.24) is 15.2 Å². The molecular weight excluding hydrogens is 429 g/mol. The summed E-state index contributed by atoms with van der Waals surface area (Å²) in [4.78, 5) is 19.4. The van der Waals surface area contributed by atoms with Crippen LogP contribution in [0.25, 0.3) is 11.1 Å². The molecule has 1 aliphatic rings. The highest BCUT2D eigenvalue weighted by molar-refractivity contribution is 5.78. The number of ether oxygens (including phenoxy) is 1. The van der Waals surface area contributed by atoms with Crippen LogP contribution in [-0.4, -0.2) is 35.5 Å². The van der Waals surface area contributed by atoms with E-state index in [1.165, 1.54) is 37.0 Å². The Morgan fingerprint density at radius 1 is 1.09 bits per heavy atom. The Morgan fingerprint density at radius 2 is 1.94 bits per heavy atom. The zero-order valence-electron chi connectivity index (χ0n) is 19.7. The molecule has 1 aromatic heterocycles. The molecule has 1 fully saturated rings. The number of aromatic nitrogens is 1. The Morgan fingerprint density at radius 3 is 2.68 bits per heavy atom. The Hall–Kier alpha value is -3.25. The molecule has 4 rings (SSSR count). The van der Waals surface area contributed by atoms with Gasteiger partial charge in [0.1, 0.15) is 11.6 Å². The second-order valence-corrected chi connectivity index (χ2v) is 8.71. The molecule has 0 radical (unpaired) electrons. The molecule has 0 spiro atoms. The number of pyridine rings is 1. The fourth-order valence-corrected chi connectivity index (χ4v) is 4.36. The van der Waals surface area contributed by atoms with Crippen LogP contribution in [0.2, 0.25) is 0 Å². The van der Waals surface area contributed by atoms with Crippen molar-refractivity contribution in [3.63, 3.8) is 0 Å². The van der Waals surface area contributed by atoms with E-state index in [0.29, 0.717) is 18.8 Å². The minimum atomic E-state index is -0.307. The van der Waals surface area contributed by atoms with Crippen LogP contribution in [-0.2, 0) is 24.3 Å². The van der Waals surface area contributed by atoms with Gasteiger partial charge in [-0.3, -0.25) is 14.7 Å². The van der Waals surface area contributed by atoms with Crippen molar-refractivity contribution in [2.45, 2.75) is 45.7 Å². The fraction of sp³-hybridized carbons (Fsp3) is 0.357. The van der Waals surface area contributed by atoms with E-state index < -0.39 is 0 Å². The second-order valence-electron chi connectivity index (χ2n) is 8.71. The first kappa shape index (κ1) is 23.9. The molecule has 0 unspecified atom stereocenters. The number of benzene rings is 2. The number of rotatable bonds is 9. The van der Waals surface area contributed by atoms with Crippen LogP contribution in [0.1, 0.15) is 43.0 Å². The van der Waals surface area contributed by atoms with E-state index >= 15 is 0 Å². The van der Waals surface area contributed by atoms with Gasteiger partial charge in [0.2, 0.25) is 5.91 Å². The third kappa shape index (κ3) is 6.64. The molecule has 0 bridgehead atoms. The molecule has 3 aromatic rings. The monoisotopic (exact) mass is 461 g/mol. The van der Waals surface area contributed by atoms with E-state index in [2.05, 4.69) is 27.3 Å². The summed E-state index contributed by atoms with van der Waals surface area (Å²) in [6.07, 6.45) is 5.82. The minimum Gasteiger partial charge on any atom is -0.494 e. The van der Waals surface area contributed by atoms with Crippen molar-refractivity contribution >= 4 is 5.91 Å². The van der Waals surface area contributed by atoms with Crippen molar-refractivity contribution in [2.75, 3.05) is 19.7 Å². The second kappa shape index (κ2) is 11.7. The van der Waals surface area contributed by atoms with Crippen LogP contribution < -0.4 is 10.1 Å². The summed E-state index contributed by atoms with van der Waals surface area (Å²) in [5.41, 5.74) is 4.83. The van der Waals surface area contributed by atoms with E-state index in [1.807, 2.05) is 31.3 Å². The molecule has 1 saturated heterocycles. The molecule has 2 aromatic carbocycles. The van der Waals surface area contributed by atoms with Gasteiger partial charge in [0.05, 0.1) is 13.0 Å². The molecule has 6 heteroatoms. The number of likely N-dealkylation sites (tertiary alicyclic amines) is 1. The SMILES string of the molecule is CCOc1ccc(-c2ccc(CC(=O)NCc3cccc(F)c3)nc2)c(CN2CCCCC2)c1. The highest BCUT2D eigenvalue weighted by Crippen LogP contribution is 2.29. The number of nitrogens with one attached hydrogen (secondary N) is 1. The number of carbonyl (C=O) groups is 1. The van der Waals surface area contributed by atoms with Gasteiger partial charge in [-0.05, 0) is 79.9 Å². The first-order valence-corrected chi connectivity index (χ1v) is 12.1. The number of piperidine rings is 1. The maximum atomic E-state index is 13.3. The third-order valence-corrected chi connectivity index (χ3v) is 6.09. The lowest BCUT2D eigenvalue weighted by Gasteiger charge is -2.27. The van der Waals surface area contributed by atoms with E-state index in [-0.39, 0.29) is 18.1 Å². The van der Waals surface area contributed by atoms with Gasteiger partial charge >= 0.3 is 0 Å². The largest absolute Gasteiger partial charge is 0.494 e. The molecule has 5 nitrogen and oxygen atoms in total. The smallest absolute Gasteiger partial charge is 0.226 e. The summed E-state index contributed by atoms with van der Waals surface area (Å²) in [5, 5.41) is 2.83. The van der Waals surface area contributed by atoms with Crippen LogP contribution in [0.3, 0.4) is 0 Å². The lowest BCUT2D eigenvalue weighted by atomic mass is 9.99. The van der Waals surface area contributed by atoms with Crippen molar-refractivity contribution in [1.29, 1.82) is 0 Å². The maximum Gasteiger partial charge on any atom is 0.226 e. The van der Waals surface area contributed by atoms with Crippen LogP contribution in [0.15, 0.2) is 60.8 Å². The van der Waals surface area contributed by atoms with Crippen molar-refractivity contribution in [2.24, 2.45) is 0 Å². The molecule has 0 saturated carbocycles. The molecule has 2 heterocycles. The molecule has 0 atom stereocenters. The zero-order valence-corrected chi connectivity index (χ0v) is 19.7. The number of amides is 1. The molecule has 1 amide bonds. The van der Waals surface area contributed by atoms with Crippen molar-refractivity contribution in [3.05, 3.63) is 83.4 Å². The van der Waals surface area contributed by atoms with Gasteiger partial charge in [-0.15, -0.1) is 0 Å². The Labute approximate surface area is 201 Å². The number of hydrogen-bond donors (Lipinski definition) is 1. The number of nitrogens with zero attached hydrogens (tertiary/aromatic N) is 2. The molecule has 178 valence electrons.